The summed E-state index contributed by atoms with van der Waals surface area (Å²) in [5.41, 5.74) is 2.82. The van der Waals surface area contributed by atoms with Crippen molar-refractivity contribution in [1.82, 2.24) is 5.32 Å². The molecule has 1 nitrogen and oxygen atoms in total. The molecule has 19 heavy (non-hydrogen) atoms. The Labute approximate surface area is 117 Å². The van der Waals surface area contributed by atoms with Crippen LogP contribution in [0, 0.1) is 19.7 Å². The molecule has 1 N–H and O–H groups in total. The van der Waals surface area contributed by atoms with Crippen molar-refractivity contribution in [3.05, 3.63) is 34.6 Å². The van der Waals surface area contributed by atoms with Crippen LogP contribution >= 0.6 is 0 Å². The first kappa shape index (κ1) is 16.2. The Hall–Kier alpha value is -0.890. The largest absolute Gasteiger partial charge is 0.315 e. The van der Waals surface area contributed by atoms with Crippen LogP contribution in [-0.4, -0.2) is 12.6 Å². The molecule has 2 heteroatoms. The van der Waals surface area contributed by atoms with Gasteiger partial charge in [0.25, 0.3) is 0 Å². The normalized spacial score (nSPS) is 11.3. The molecule has 0 aliphatic carbocycles. The van der Waals surface area contributed by atoms with Gasteiger partial charge in [-0.05, 0) is 56.3 Å². The van der Waals surface area contributed by atoms with Gasteiger partial charge in [0, 0.05) is 6.04 Å². The zero-order chi connectivity index (χ0) is 14.3. The molecule has 0 aliphatic heterocycles. The SMILES string of the molecule is Cc1cc(CCCCCCNC(C)C)cc(C)c1F. The van der Waals surface area contributed by atoms with Crippen molar-refractivity contribution in [3.8, 4) is 0 Å². The van der Waals surface area contributed by atoms with Crippen LogP contribution in [0.4, 0.5) is 4.39 Å². The molecule has 0 aliphatic rings. The quantitative estimate of drug-likeness (QED) is 0.680. The number of halogens is 1. The van der Waals surface area contributed by atoms with E-state index in [1.54, 1.807) is 0 Å². The third-order valence-corrected chi connectivity index (χ3v) is 3.44. The van der Waals surface area contributed by atoms with Gasteiger partial charge in [0.05, 0.1) is 0 Å². The summed E-state index contributed by atoms with van der Waals surface area (Å²) in [6, 6.07) is 4.57. The minimum atomic E-state index is -0.0523. The van der Waals surface area contributed by atoms with Crippen LogP contribution in [0.25, 0.3) is 0 Å². The maximum absolute atomic E-state index is 13.5. The third kappa shape index (κ3) is 6.20. The van der Waals surface area contributed by atoms with Gasteiger partial charge in [-0.3, -0.25) is 0 Å². The van der Waals surface area contributed by atoms with Crippen molar-refractivity contribution in [2.24, 2.45) is 0 Å². The van der Waals surface area contributed by atoms with Crippen LogP contribution in [0.5, 0.6) is 0 Å². The van der Waals surface area contributed by atoms with Gasteiger partial charge >= 0.3 is 0 Å². The van der Waals surface area contributed by atoms with E-state index in [9.17, 15) is 4.39 Å². The first-order chi connectivity index (χ1) is 9.00. The van der Waals surface area contributed by atoms with Crippen molar-refractivity contribution in [2.45, 2.75) is 65.8 Å². The zero-order valence-electron chi connectivity index (χ0n) is 12.9. The van der Waals surface area contributed by atoms with Crippen LogP contribution in [0.3, 0.4) is 0 Å². The van der Waals surface area contributed by atoms with E-state index in [4.69, 9.17) is 0 Å². The predicted octanol–water partition coefficient (Wildman–Crippen LogP) is 4.54. The summed E-state index contributed by atoms with van der Waals surface area (Å²) in [7, 11) is 0. The average Bonchev–Trinajstić information content (AvgIpc) is 2.34. The molecule has 0 saturated heterocycles. The van der Waals surface area contributed by atoms with E-state index in [2.05, 4.69) is 19.2 Å². The van der Waals surface area contributed by atoms with Gasteiger partial charge in [-0.15, -0.1) is 0 Å². The topological polar surface area (TPSA) is 12.0 Å². The number of unbranched alkanes of at least 4 members (excludes halogenated alkanes) is 3. The summed E-state index contributed by atoms with van der Waals surface area (Å²) in [5, 5.41) is 3.43. The molecule has 0 unspecified atom stereocenters. The van der Waals surface area contributed by atoms with Gasteiger partial charge in [0.15, 0.2) is 0 Å². The van der Waals surface area contributed by atoms with Gasteiger partial charge in [0.2, 0.25) is 0 Å². The Kier molecular flexibility index (Phi) is 7.07. The van der Waals surface area contributed by atoms with Crippen molar-refractivity contribution >= 4 is 0 Å². The van der Waals surface area contributed by atoms with Gasteiger partial charge in [-0.1, -0.05) is 38.8 Å². The smallest absolute Gasteiger partial charge is 0.129 e. The van der Waals surface area contributed by atoms with Crippen LogP contribution in [0.15, 0.2) is 12.1 Å². The number of benzene rings is 1. The number of nitrogens with one attached hydrogen (secondary N) is 1. The van der Waals surface area contributed by atoms with E-state index in [1.165, 1.54) is 31.2 Å². The second-order valence-electron chi connectivity index (χ2n) is 5.82. The van der Waals surface area contributed by atoms with E-state index in [0.29, 0.717) is 6.04 Å². The van der Waals surface area contributed by atoms with Crippen LogP contribution < -0.4 is 5.32 Å². The average molecular weight is 265 g/mol. The van der Waals surface area contributed by atoms with E-state index < -0.39 is 0 Å². The number of rotatable bonds is 8. The van der Waals surface area contributed by atoms with Gasteiger partial charge in [-0.2, -0.15) is 0 Å². The summed E-state index contributed by atoms with van der Waals surface area (Å²) in [6.07, 6.45) is 6.06. The second kappa shape index (κ2) is 8.31. The Morgan fingerprint density at radius 3 is 2.16 bits per heavy atom. The molecule has 1 rings (SSSR count). The molecule has 0 amide bonds. The Balaban J connectivity index is 2.19. The van der Waals surface area contributed by atoms with Crippen molar-refractivity contribution in [2.75, 3.05) is 6.54 Å². The fourth-order valence-corrected chi connectivity index (χ4v) is 2.38. The van der Waals surface area contributed by atoms with Crippen molar-refractivity contribution in [1.29, 1.82) is 0 Å². The fourth-order valence-electron chi connectivity index (χ4n) is 2.38. The molecular weight excluding hydrogens is 237 g/mol. The highest BCUT2D eigenvalue weighted by molar-refractivity contribution is 5.30. The summed E-state index contributed by atoms with van der Waals surface area (Å²) in [6.45, 7) is 9.18. The summed E-state index contributed by atoms with van der Waals surface area (Å²) < 4.78 is 13.5. The first-order valence-corrected chi connectivity index (χ1v) is 7.49. The van der Waals surface area contributed by atoms with Crippen molar-refractivity contribution in [3.63, 3.8) is 0 Å². The van der Waals surface area contributed by atoms with Gasteiger partial charge in [0.1, 0.15) is 5.82 Å². The van der Waals surface area contributed by atoms with E-state index in [-0.39, 0.29) is 5.82 Å². The highest BCUT2D eigenvalue weighted by atomic mass is 19.1. The highest BCUT2D eigenvalue weighted by Gasteiger charge is 2.04. The van der Waals surface area contributed by atoms with E-state index in [1.807, 2.05) is 26.0 Å². The molecule has 0 bridgehead atoms. The lowest BCUT2D eigenvalue weighted by Gasteiger charge is -2.08. The molecule has 108 valence electrons. The molecule has 0 atom stereocenters. The van der Waals surface area contributed by atoms with E-state index in [0.717, 1.165) is 24.1 Å². The maximum atomic E-state index is 13.5. The van der Waals surface area contributed by atoms with Crippen LogP contribution in [-0.2, 0) is 6.42 Å². The lowest BCUT2D eigenvalue weighted by atomic mass is 10.0. The molecule has 0 aromatic heterocycles. The first-order valence-electron chi connectivity index (χ1n) is 7.49. The monoisotopic (exact) mass is 265 g/mol. The fraction of sp³-hybridized carbons (Fsp3) is 0.647. The number of hydrogen-bond acceptors (Lipinski definition) is 1. The van der Waals surface area contributed by atoms with Crippen LogP contribution in [0.1, 0.15) is 56.2 Å². The number of hydrogen-bond donors (Lipinski definition) is 1. The summed E-state index contributed by atoms with van der Waals surface area (Å²) in [4.78, 5) is 0. The third-order valence-electron chi connectivity index (χ3n) is 3.44. The van der Waals surface area contributed by atoms with E-state index >= 15 is 0 Å². The van der Waals surface area contributed by atoms with Gasteiger partial charge in [-0.25, -0.2) is 4.39 Å². The molecule has 0 heterocycles. The van der Waals surface area contributed by atoms with Crippen LogP contribution in [0.2, 0.25) is 0 Å². The molecule has 1 aromatic rings. The lowest BCUT2D eigenvalue weighted by molar-refractivity contribution is 0.541. The zero-order valence-corrected chi connectivity index (χ0v) is 12.9. The molecule has 0 fully saturated rings. The summed E-state index contributed by atoms with van der Waals surface area (Å²) >= 11 is 0. The predicted molar refractivity (Wildman–Crippen MR) is 81.2 cm³/mol. The molecular formula is C17H28FN. The molecule has 1 aromatic carbocycles. The maximum Gasteiger partial charge on any atom is 0.129 e. The van der Waals surface area contributed by atoms with Gasteiger partial charge < -0.3 is 5.32 Å². The number of aryl methyl sites for hydroxylation is 3. The minimum Gasteiger partial charge on any atom is -0.315 e. The molecule has 0 saturated carbocycles. The Morgan fingerprint density at radius 1 is 1.00 bits per heavy atom. The Morgan fingerprint density at radius 2 is 1.58 bits per heavy atom. The molecule has 0 radical (unpaired) electrons. The highest BCUT2D eigenvalue weighted by Crippen LogP contribution is 2.16. The standard InChI is InChI=1S/C17H28FN/c1-13(2)19-10-8-6-5-7-9-16-11-14(3)17(18)15(4)12-16/h11-13,19H,5-10H2,1-4H3. The lowest BCUT2D eigenvalue weighted by Crippen LogP contribution is -2.23. The second-order valence-corrected chi connectivity index (χ2v) is 5.82. The van der Waals surface area contributed by atoms with Crippen molar-refractivity contribution < 1.29 is 4.39 Å². The Bertz CT molecular complexity index is 362. The molecule has 0 spiro atoms. The minimum absolute atomic E-state index is 0.0523. The summed E-state index contributed by atoms with van der Waals surface area (Å²) in [5.74, 6) is -0.0523.